The summed E-state index contributed by atoms with van der Waals surface area (Å²) in [7, 11) is 0. The molecule has 0 aliphatic carbocycles. The summed E-state index contributed by atoms with van der Waals surface area (Å²) in [6.45, 7) is 0.418. The first kappa shape index (κ1) is 7.68. The number of carbonyl (C=O) groups is 1. The largest absolute Gasteiger partial charge is 0.327 e. The van der Waals surface area contributed by atoms with Gasteiger partial charge < -0.3 is 11.1 Å². The fourth-order valence-corrected chi connectivity index (χ4v) is 0.699. The molecule has 1 heterocycles. The van der Waals surface area contributed by atoms with Crippen molar-refractivity contribution in [2.45, 2.75) is 6.54 Å². The molecule has 0 fully saturated rings. The van der Waals surface area contributed by atoms with Gasteiger partial charge in [0.15, 0.2) is 0 Å². The summed E-state index contributed by atoms with van der Waals surface area (Å²) in [6.07, 6.45) is 2.18. The van der Waals surface area contributed by atoms with Gasteiger partial charge in [0.05, 0.1) is 17.6 Å². The number of nitrogens with zero attached hydrogens (tertiary/aromatic N) is 1. The van der Waals surface area contributed by atoms with Crippen LogP contribution in [-0.2, 0) is 11.3 Å². The second-order valence-corrected chi connectivity index (χ2v) is 2.00. The fraction of sp³-hybridized carbons (Fsp3) is 0.143. The number of nitrogens with two attached hydrogens (primary N) is 1. The van der Waals surface area contributed by atoms with Crippen molar-refractivity contribution in [1.29, 1.82) is 0 Å². The van der Waals surface area contributed by atoms with Gasteiger partial charge in [0, 0.05) is 6.54 Å². The van der Waals surface area contributed by atoms with Gasteiger partial charge >= 0.3 is 0 Å². The van der Waals surface area contributed by atoms with Crippen molar-refractivity contribution in [3.05, 3.63) is 24.0 Å². The lowest BCUT2D eigenvalue weighted by atomic mass is 10.3. The van der Waals surface area contributed by atoms with Crippen molar-refractivity contribution >= 4 is 12.1 Å². The summed E-state index contributed by atoms with van der Waals surface area (Å²) in [5, 5.41) is 2.47. The lowest BCUT2D eigenvalue weighted by molar-refractivity contribution is -0.105. The van der Waals surface area contributed by atoms with E-state index < -0.39 is 0 Å². The van der Waals surface area contributed by atoms with E-state index in [1.165, 1.54) is 0 Å². The Labute approximate surface area is 64.4 Å². The predicted octanol–water partition coefficient (Wildman–Crippen LogP) is 0.109. The van der Waals surface area contributed by atoms with Gasteiger partial charge in [-0.1, -0.05) is 0 Å². The third kappa shape index (κ3) is 2.01. The summed E-state index contributed by atoms with van der Waals surface area (Å²) >= 11 is 0. The van der Waals surface area contributed by atoms with Crippen LogP contribution in [0.3, 0.4) is 0 Å². The molecule has 0 aliphatic heterocycles. The molecule has 0 aromatic carbocycles. The first-order valence-corrected chi connectivity index (χ1v) is 3.22. The molecule has 1 amide bonds. The molecule has 4 heteroatoms. The molecule has 1 aromatic heterocycles. The molecule has 1 aromatic rings. The molecule has 0 aliphatic rings. The highest BCUT2D eigenvalue weighted by molar-refractivity contribution is 5.70. The van der Waals surface area contributed by atoms with E-state index in [4.69, 9.17) is 5.73 Å². The Morgan fingerprint density at radius 1 is 1.64 bits per heavy atom. The van der Waals surface area contributed by atoms with Crippen molar-refractivity contribution in [2.24, 2.45) is 5.73 Å². The normalized spacial score (nSPS) is 9.18. The molecule has 11 heavy (non-hydrogen) atoms. The zero-order chi connectivity index (χ0) is 8.10. The van der Waals surface area contributed by atoms with Crippen LogP contribution in [0.4, 0.5) is 5.69 Å². The quantitative estimate of drug-likeness (QED) is 0.602. The van der Waals surface area contributed by atoms with Crippen molar-refractivity contribution in [1.82, 2.24) is 4.98 Å². The average molecular weight is 151 g/mol. The molecule has 4 nitrogen and oxygen atoms in total. The topological polar surface area (TPSA) is 68.0 Å². The summed E-state index contributed by atoms with van der Waals surface area (Å²) in [5.74, 6) is 0. The van der Waals surface area contributed by atoms with Crippen LogP contribution in [0.5, 0.6) is 0 Å². The monoisotopic (exact) mass is 151 g/mol. The number of hydrogen-bond acceptors (Lipinski definition) is 3. The summed E-state index contributed by atoms with van der Waals surface area (Å²) in [5.41, 5.74) is 6.81. The van der Waals surface area contributed by atoms with E-state index in [1.807, 2.05) is 0 Å². The van der Waals surface area contributed by atoms with E-state index in [2.05, 4.69) is 10.3 Å². The molecule has 0 atom stereocenters. The predicted molar refractivity (Wildman–Crippen MR) is 41.8 cm³/mol. The average Bonchev–Trinajstić information content (AvgIpc) is 2.07. The minimum absolute atomic E-state index is 0.418. The summed E-state index contributed by atoms with van der Waals surface area (Å²) < 4.78 is 0. The molecule has 1 rings (SSSR count). The highest BCUT2D eigenvalue weighted by Crippen LogP contribution is 2.03. The van der Waals surface area contributed by atoms with Crippen LogP contribution < -0.4 is 11.1 Å². The summed E-state index contributed by atoms with van der Waals surface area (Å²) in [6, 6.07) is 3.52. The van der Waals surface area contributed by atoms with E-state index >= 15 is 0 Å². The standard InChI is InChI=1S/C7H9N3O/c8-3-6-1-2-7(4-9-6)10-5-11/h1-2,4-5H,3,8H2,(H,10,11). The third-order valence-corrected chi connectivity index (χ3v) is 1.26. The number of pyridine rings is 1. The first-order chi connectivity index (χ1) is 5.36. The number of anilines is 1. The van der Waals surface area contributed by atoms with Crippen LogP contribution in [0, 0.1) is 0 Å². The second-order valence-electron chi connectivity index (χ2n) is 2.00. The minimum Gasteiger partial charge on any atom is -0.327 e. The molecule has 3 N–H and O–H groups in total. The maximum atomic E-state index is 9.97. The molecule has 0 unspecified atom stereocenters. The van der Waals surface area contributed by atoms with Gasteiger partial charge in [-0.05, 0) is 12.1 Å². The van der Waals surface area contributed by atoms with Crippen LogP contribution in [0.25, 0.3) is 0 Å². The van der Waals surface area contributed by atoms with Crippen molar-refractivity contribution in [2.75, 3.05) is 5.32 Å². The van der Waals surface area contributed by atoms with Gasteiger partial charge in [-0.25, -0.2) is 0 Å². The van der Waals surface area contributed by atoms with Crippen LogP contribution in [0.15, 0.2) is 18.3 Å². The molecule has 0 spiro atoms. The van der Waals surface area contributed by atoms with E-state index in [0.29, 0.717) is 18.6 Å². The molecule has 0 saturated heterocycles. The Morgan fingerprint density at radius 2 is 2.45 bits per heavy atom. The Balaban J connectivity index is 2.74. The van der Waals surface area contributed by atoms with Gasteiger partial charge in [0.25, 0.3) is 0 Å². The Hall–Kier alpha value is -1.42. The van der Waals surface area contributed by atoms with E-state index in [1.54, 1.807) is 18.3 Å². The molecule has 0 radical (unpaired) electrons. The van der Waals surface area contributed by atoms with Gasteiger partial charge in [0.1, 0.15) is 0 Å². The number of carbonyl (C=O) groups excluding carboxylic acids is 1. The van der Waals surface area contributed by atoms with E-state index in [-0.39, 0.29) is 0 Å². The maximum Gasteiger partial charge on any atom is 0.211 e. The lowest BCUT2D eigenvalue weighted by Gasteiger charge is -1.98. The van der Waals surface area contributed by atoms with E-state index in [9.17, 15) is 4.79 Å². The van der Waals surface area contributed by atoms with Gasteiger partial charge in [-0.3, -0.25) is 9.78 Å². The summed E-state index contributed by atoms with van der Waals surface area (Å²) in [4.78, 5) is 13.9. The van der Waals surface area contributed by atoms with Crippen molar-refractivity contribution < 1.29 is 4.79 Å². The number of aromatic nitrogens is 1. The number of rotatable bonds is 3. The zero-order valence-electron chi connectivity index (χ0n) is 5.95. The molecule has 58 valence electrons. The SMILES string of the molecule is NCc1ccc(NC=O)cn1. The van der Waals surface area contributed by atoms with Crippen LogP contribution in [0.2, 0.25) is 0 Å². The maximum absolute atomic E-state index is 9.97. The van der Waals surface area contributed by atoms with Crippen LogP contribution in [0.1, 0.15) is 5.69 Å². The third-order valence-electron chi connectivity index (χ3n) is 1.26. The number of nitrogens with one attached hydrogen (secondary N) is 1. The van der Waals surface area contributed by atoms with Gasteiger partial charge in [-0.15, -0.1) is 0 Å². The Bertz CT molecular complexity index is 232. The highest BCUT2D eigenvalue weighted by atomic mass is 16.1. The molecular formula is C7H9N3O. The number of amides is 1. The zero-order valence-corrected chi connectivity index (χ0v) is 5.95. The Kier molecular flexibility index (Phi) is 2.57. The smallest absolute Gasteiger partial charge is 0.211 e. The van der Waals surface area contributed by atoms with Crippen molar-refractivity contribution in [3.8, 4) is 0 Å². The van der Waals surface area contributed by atoms with Gasteiger partial charge in [0.2, 0.25) is 6.41 Å². The molecule has 0 bridgehead atoms. The van der Waals surface area contributed by atoms with Gasteiger partial charge in [-0.2, -0.15) is 0 Å². The van der Waals surface area contributed by atoms with Crippen LogP contribution >= 0.6 is 0 Å². The van der Waals surface area contributed by atoms with Crippen LogP contribution in [-0.4, -0.2) is 11.4 Å². The second kappa shape index (κ2) is 3.68. The number of hydrogen-bond donors (Lipinski definition) is 2. The first-order valence-electron chi connectivity index (χ1n) is 3.22. The van der Waals surface area contributed by atoms with Crippen molar-refractivity contribution in [3.63, 3.8) is 0 Å². The minimum atomic E-state index is 0.418. The fourth-order valence-electron chi connectivity index (χ4n) is 0.699. The molecular weight excluding hydrogens is 142 g/mol. The lowest BCUT2D eigenvalue weighted by Crippen LogP contribution is -2.00. The molecule has 0 saturated carbocycles. The highest BCUT2D eigenvalue weighted by Gasteiger charge is 1.90. The Morgan fingerprint density at radius 3 is 2.91 bits per heavy atom. The van der Waals surface area contributed by atoms with E-state index in [0.717, 1.165) is 5.69 Å².